The van der Waals surface area contributed by atoms with E-state index in [1.54, 1.807) is 18.2 Å². The summed E-state index contributed by atoms with van der Waals surface area (Å²) < 4.78 is 18.4. The highest BCUT2D eigenvalue weighted by Gasteiger charge is 2.61. The molecule has 2 bridgehead atoms. The molecule has 1 spiro atoms. The molecule has 6 aliphatic rings. The molecular weight excluding hydrogens is 588 g/mol. The van der Waals surface area contributed by atoms with Gasteiger partial charge in [0.25, 0.3) is 0 Å². The molecule has 0 radical (unpaired) electrons. The zero-order chi connectivity index (χ0) is 32.5. The molecule has 252 valence electrons. The summed E-state index contributed by atoms with van der Waals surface area (Å²) >= 11 is 0. The molecule has 3 aliphatic heterocycles. The Morgan fingerprint density at radius 3 is 2.48 bits per heavy atom. The molecule has 1 aromatic carbocycles. The fourth-order valence-corrected chi connectivity index (χ4v) is 9.18. The Morgan fingerprint density at radius 2 is 1.76 bits per heavy atom. The van der Waals surface area contributed by atoms with E-state index in [1.807, 2.05) is 12.1 Å². The minimum Gasteiger partial charge on any atom is -0.462 e. The maximum Gasteiger partial charge on any atom is 0.232 e. The number of aliphatic hydroxyl groups is 6. The van der Waals surface area contributed by atoms with E-state index in [-0.39, 0.29) is 43.1 Å². The summed E-state index contributed by atoms with van der Waals surface area (Å²) in [5.41, 5.74) is -1.92. The van der Waals surface area contributed by atoms with Gasteiger partial charge in [-0.25, -0.2) is 0 Å². The zero-order valence-electron chi connectivity index (χ0n) is 26.5. The van der Waals surface area contributed by atoms with Gasteiger partial charge in [0.1, 0.15) is 36.3 Å². The van der Waals surface area contributed by atoms with Crippen LogP contribution in [0.15, 0.2) is 49.1 Å². The standard InChI is InChI=1S/C37H50O9/c1-2-7-24-10-13-26(14-11-24)45-34-37(43)23-27(25-12-15-30-35(16-3-4-17-35)18-19-36(30,42)22-25)28(39)8-6-21-44-29(9-5-20-38)32(46-34)31(40)33(37)41/h2,10-15,25,27-34,38-43H,1,3-5,7-9,16-20,22-23H2. The van der Waals surface area contributed by atoms with Crippen molar-refractivity contribution in [2.45, 2.75) is 125 Å². The van der Waals surface area contributed by atoms with Crippen molar-refractivity contribution in [2.24, 2.45) is 23.2 Å². The normalized spacial score (nSPS) is 41.5. The number of ether oxygens (including phenoxy) is 3. The Hall–Kier alpha value is -2.42. The summed E-state index contributed by atoms with van der Waals surface area (Å²) in [7, 11) is 0. The Morgan fingerprint density at radius 1 is 1.00 bits per heavy atom. The van der Waals surface area contributed by atoms with Gasteiger partial charge in [-0.3, -0.25) is 0 Å². The number of aliphatic hydroxyl groups excluding tert-OH is 4. The predicted octanol–water partition coefficient (Wildman–Crippen LogP) is 3.14. The van der Waals surface area contributed by atoms with Gasteiger partial charge in [-0.1, -0.05) is 49.1 Å². The summed E-state index contributed by atoms with van der Waals surface area (Å²) in [4.78, 5) is 0. The molecule has 9 heteroatoms. The second-order valence-electron chi connectivity index (χ2n) is 14.5. The molecule has 3 aliphatic carbocycles. The first-order valence-corrected chi connectivity index (χ1v) is 17.1. The molecule has 1 aromatic rings. The SMILES string of the molecule is C=CCc1ccc(OC2OC3C(CCCO)OC#CCC(O)C(C4C=CC5C(O)(CCC56CCCC6)C4)CC2(O)C(O)C3O)cc1. The third-order valence-electron chi connectivity index (χ3n) is 11.7. The van der Waals surface area contributed by atoms with Crippen LogP contribution >= 0.6 is 0 Å². The van der Waals surface area contributed by atoms with Crippen LogP contribution < -0.4 is 4.74 Å². The first kappa shape index (κ1) is 33.5. The molecule has 6 N–H and O–H groups in total. The predicted molar refractivity (Wildman–Crippen MR) is 170 cm³/mol. The lowest BCUT2D eigenvalue weighted by Crippen LogP contribution is -2.70. The Labute approximate surface area is 271 Å². The monoisotopic (exact) mass is 638 g/mol. The van der Waals surface area contributed by atoms with Crippen LogP contribution in [0.3, 0.4) is 0 Å². The van der Waals surface area contributed by atoms with Crippen LogP contribution in [0.2, 0.25) is 0 Å². The highest BCUT2D eigenvalue weighted by Crippen LogP contribution is 2.62. The molecule has 9 nitrogen and oxygen atoms in total. The molecule has 1 saturated heterocycles. The molecule has 46 heavy (non-hydrogen) atoms. The molecule has 3 heterocycles. The van der Waals surface area contributed by atoms with Gasteiger partial charge in [-0.05, 0) is 92.7 Å². The van der Waals surface area contributed by atoms with Crippen LogP contribution in [0.1, 0.15) is 76.2 Å². The quantitative estimate of drug-likeness (QED) is 0.187. The molecule has 0 aromatic heterocycles. The van der Waals surface area contributed by atoms with Gasteiger partial charge < -0.3 is 44.8 Å². The smallest absolute Gasteiger partial charge is 0.232 e. The number of rotatable bonds is 8. The van der Waals surface area contributed by atoms with Gasteiger partial charge in [-0.15, -0.1) is 6.58 Å². The summed E-state index contributed by atoms with van der Waals surface area (Å²) in [5, 5.41) is 68.7. The van der Waals surface area contributed by atoms with Crippen LogP contribution in [0.25, 0.3) is 0 Å². The van der Waals surface area contributed by atoms with Crippen molar-refractivity contribution in [2.75, 3.05) is 6.61 Å². The van der Waals surface area contributed by atoms with Crippen LogP contribution in [-0.4, -0.2) is 85.3 Å². The van der Waals surface area contributed by atoms with Gasteiger partial charge >= 0.3 is 0 Å². The van der Waals surface area contributed by atoms with Gasteiger partial charge in [0.2, 0.25) is 6.29 Å². The summed E-state index contributed by atoms with van der Waals surface area (Å²) in [6, 6.07) is 7.23. The highest BCUT2D eigenvalue weighted by molar-refractivity contribution is 5.29. The van der Waals surface area contributed by atoms with E-state index in [1.165, 1.54) is 12.8 Å². The van der Waals surface area contributed by atoms with Crippen molar-refractivity contribution in [3.05, 3.63) is 54.6 Å². The number of hydrogen-bond donors (Lipinski definition) is 6. The summed E-state index contributed by atoms with van der Waals surface area (Å²) in [5.74, 6) is 2.35. The van der Waals surface area contributed by atoms with E-state index in [4.69, 9.17) is 14.2 Å². The van der Waals surface area contributed by atoms with E-state index in [0.29, 0.717) is 31.4 Å². The van der Waals surface area contributed by atoms with Crippen molar-refractivity contribution in [1.29, 1.82) is 0 Å². The van der Waals surface area contributed by atoms with Gasteiger partial charge in [0.15, 0.2) is 5.60 Å². The van der Waals surface area contributed by atoms with Crippen molar-refractivity contribution >= 4 is 0 Å². The fraction of sp³-hybridized carbons (Fsp3) is 0.676. The topological polar surface area (TPSA) is 149 Å². The lowest BCUT2D eigenvalue weighted by atomic mass is 9.63. The summed E-state index contributed by atoms with van der Waals surface area (Å²) in [6.45, 7) is 3.66. The summed E-state index contributed by atoms with van der Waals surface area (Å²) in [6.07, 6.45) is 8.71. The third kappa shape index (κ3) is 6.26. The maximum absolute atomic E-state index is 12.4. The number of fused-ring (bicyclic) bond motifs is 10. The van der Waals surface area contributed by atoms with Crippen molar-refractivity contribution < 1.29 is 44.8 Å². The van der Waals surface area contributed by atoms with Crippen molar-refractivity contribution in [3.63, 3.8) is 0 Å². The number of hydrogen-bond acceptors (Lipinski definition) is 9. The Balaban J connectivity index is 1.35. The average molecular weight is 639 g/mol. The van der Waals surface area contributed by atoms with Crippen molar-refractivity contribution in [3.8, 4) is 17.8 Å². The van der Waals surface area contributed by atoms with E-state index in [0.717, 1.165) is 24.8 Å². The van der Waals surface area contributed by atoms with Crippen molar-refractivity contribution in [1.82, 2.24) is 0 Å². The van der Waals surface area contributed by atoms with Crippen LogP contribution in [0.5, 0.6) is 5.75 Å². The first-order chi connectivity index (χ1) is 22.1. The molecule has 0 amide bonds. The third-order valence-corrected chi connectivity index (χ3v) is 11.7. The maximum atomic E-state index is 12.4. The van der Waals surface area contributed by atoms with Crippen LogP contribution in [-0.2, 0) is 15.9 Å². The van der Waals surface area contributed by atoms with Gasteiger partial charge in [-0.2, -0.15) is 0 Å². The zero-order valence-corrected chi connectivity index (χ0v) is 26.5. The lowest BCUT2D eigenvalue weighted by Gasteiger charge is -2.51. The van der Waals surface area contributed by atoms with Gasteiger partial charge in [0.05, 0.1) is 11.7 Å². The average Bonchev–Trinajstić information content (AvgIpc) is 3.64. The largest absolute Gasteiger partial charge is 0.462 e. The second kappa shape index (κ2) is 13.6. The van der Waals surface area contributed by atoms with Gasteiger partial charge in [0, 0.05) is 18.9 Å². The molecule has 7 rings (SSSR count). The van der Waals surface area contributed by atoms with Crippen LogP contribution in [0, 0.1) is 35.2 Å². The molecular formula is C37H50O9. The minimum absolute atomic E-state index is 0.0457. The Kier molecular flexibility index (Phi) is 9.90. The first-order valence-electron chi connectivity index (χ1n) is 17.1. The second-order valence-corrected chi connectivity index (χ2v) is 14.5. The fourth-order valence-electron chi connectivity index (χ4n) is 9.18. The number of allylic oxidation sites excluding steroid dienone is 2. The lowest BCUT2D eigenvalue weighted by molar-refractivity contribution is -0.334. The Bertz CT molecular complexity index is 1300. The molecule has 11 atom stereocenters. The van der Waals surface area contributed by atoms with E-state index in [2.05, 4.69) is 30.8 Å². The van der Waals surface area contributed by atoms with E-state index in [9.17, 15) is 30.6 Å². The van der Waals surface area contributed by atoms with E-state index < -0.39 is 53.9 Å². The number of benzene rings is 1. The molecule has 11 unspecified atom stereocenters. The highest BCUT2D eigenvalue weighted by atomic mass is 16.7. The minimum atomic E-state index is -2.15. The molecule has 3 fully saturated rings. The molecule has 2 saturated carbocycles. The van der Waals surface area contributed by atoms with Crippen LogP contribution in [0.4, 0.5) is 0 Å². The van der Waals surface area contributed by atoms with E-state index >= 15 is 0 Å².